The van der Waals surface area contributed by atoms with Gasteiger partial charge < -0.3 is 20.1 Å². The van der Waals surface area contributed by atoms with E-state index in [9.17, 15) is 0 Å². The maximum atomic E-state index is 5.97. The van der Waals surface area contributed by atoms with Crippen LogP contribution in [0.5, 0.6) is 0 Å². The highest BCUT2D eigenvalue weighted by atomic mass is 32.2. The van der Waals surface area contributed by atoms with E-state index in [0.717, 1.165) is 70.4 Å². The third-order valence-corrected chi connectivity index (χ3v) is 4.38. The summed E-state index contributed by atoms with van der Waals surface area (Å²) in [5.41, 5.74) is 5.97. The number of aliphatic imine (C=N–C) groups is 1. The van der Waals surface area contributed by atoms with E-state index in [0.29, 0.717) is 11.9 Å². The van der Waals surface area contributed by atoms with Crippen molar-refractivity contribution < 1.29 is 9.47 Å². The Kier molecular flexibility index (Phi) is 6.81. The van der Waals surface area contributed by atoms with Crippen LogP contribution in [0, 0.1) is 5.92 Å². The zero-order chi connectivity index (χ0) is 13.3. The number of guanidine groups is 1. The van der Waals surface area contributed by atoms with Crippen molar-refractivity contribution in [3.63, 3.8) is 0 Å². The Labute approximate surface area is 119 Å². The molecule has 2 rings (SSSR count). The summed E-state index contributed by atoms with van der Waals surface area (Å²) in [4.78, 5) is 6.60. The summed E-state index contributed by atoms with van der Waals surface area (Å²) in [5.74, 6) is 3.61. The molecule has 0 amide bonds. The average molecular weight is 287 g/mol. The summed E-state index contributed by atoms with van der Waals surface area (Å²) in [6.07, 6.45) is 2.08. The van der Waals surface area contributed by atoms with Crippen LogP contribution in [0.4, 0.5) is 0 Å². The maximum Gasteiger partial charge on any atom is 0.191 e. The molecule has 2 aliphatic rings. The lowest BCUT2D eigenvalue weighted by Crippen LogP contribution is -2.42. The summed E-state index contributed by atoms with van der Waals surface area (Å²) in [6.45, 7) is 6.15. The normalized spacial score (nSPS) is 24.9. The van der Waals surface area contributed by atoms with Crippen LogP contribution < -0.4 is 5.73 Å². The van der Waals surface area contributed by atoms with Crippen molar-refractivity contribution in [2.75, 3.05) is 57.6 Å². The Hall–Kier alpha value is -0.460. The number of hydrogen-bond acceptors (Lipinski definition) is 4. The Morgan fingerprint density at radius 2 is 2.26 bits per heavy atom. The fourth-order valence-electron chi connectivity index (χ4n) is 2.22. The molecule has 5 nitrogen and oxygen atoms in total. The second-order valence-corrected chi connectivity index (χ2v) is 6.22. The van der Waals surface area contributed by atoms with E-state index in [2.05, 4.69) is 9.89 Å². The van der Waals surface area contributed by atoms with Gasteiger partial charge in [-0.2, -0.15) is 11.8 Å². The van der Waals surface area contributed by atoms with Gasteiger partial charge in [0.15, 0.2) is 5.96 Å². The average Bonchev–Trinajstić information content (AvgIpc) is 2.96. The fourth-order valence-corrected chi connectivity index (χ4v) is 3.12. The molecule has 2 N–H and O–H groups in total. The molecule has 0 bridgehead atoms. The number of rotatable bonds is 6. The molecule has 19 heavy (non-hydrogen) atoms. The molecule has 0 saturated carbocycles. The van der Waals surface area contributed by atoms with E-state index in [4.69, 9.17) is 15.2 Å². The van der Waals surface area contributed by atoms with E-state index in [1.807, 2.05) is 11.8 Å². The van der Waals surface area contributed by atoms with E-state index in [1.165, 1.54) is 0 Å². The Balaban J connectivity index is 1.50. The zero-order valence-electron chi connectivity index (χ0n) is 11.6. The molecule has 110 valence electrons. The summed E-state index contributed by atoms with van der Waals surface area (Å²) in [5, 5.41) is 0. The molecule has 0 aromatic heterocycles. The SMILES string of the molecule is NC(=NCCCOCC1CCOC1)N1CCSCC1. The molecule has 0 radical (unpaired) electrons. The van der Waals surface area contributed by atoms with Gasteiger partial charge in [0, 0.05) is 50.3 Å². The topological polar surface area (TPSA) is 60.1 Å². The molecule has 2 saturated heterocycles. The smallest absolute Gasteiger partial charge is 0.191 e. The maximum absolute atomic E-state index is 5.97. The van der Waals surface area contributed by atoms with Crippen molar-refractivity contribution in [1.29, 1.82) is 0 Å². The van der Waals surface area contributed by atoms with Gasteiger partial charge in [-0.1, -0.05) is 0 Å². The second-order valence-electron chi connectivity index (χ2n) is 5.00. The summed E-state index contributed by atoms with van der Waals surface area (Å²) >= 11 is 1.98. The number of nitrogens with two attached hydrogens (primary N) is 1. The van der Waals surface area contributed by atoms with Crippen LogP contribution in [-0.4, -0.2) is 68.4 Å². The van der Waals surface area contributed by atoms with Crippen molar-refractivity contribution in [1.82, 2.24) is 4.90 Å². The Bertz CT molecular complexity index is 277. The standard InChI is InChI=1S/C13H25N3O2S/c14-13(16-4-8-19-9-5-16)15-3-1-6-17-10-12-2-7-18-11-12/h12H,1-11H2,(H2,14,15). The predicted molar refractivity (Wildman–Crippen MR) is 79.7 cm³/mol. The van der Waals surface area contributed by atoms with Crippen molar-refractivity contribution in [3.8, 4) is 0 Å². The van der Waals surface area contributed by atoms with Crippen LogP contribution in [0.25, 0.3) is 0 Å². The lowest BCUT2D eigenvalue weighted by atomic mass is 10.1. The van der Waals surface area contributed by atoms with E-state index in [1.54, 1.807) is 0 Å². The first kappa shape index (κ1) is 14.9. The monoisotopic (exact) mass is 287 g/mol. The van der Waals surface area contributed by atoms with E-state index >= 15 is 0 Å². The summed E-state index contributed by atoms with van der Waals surface area (Å²) < 4.78 is 10.9. The molecule has 2 fully saturated rings. The van der Waals surface area contributed by atoms with Crippen LogP contribution in [-0.2, 0) is 9.47 Å². The van der Waals surface area contributed by atoms with Crippen LogP contribution in [0.3, 0.4) is 0 Å². The van der Waals surface area contributed by atoms with Crippen molar-refractivity contribution >= 4 is 17.7 Å². The minimum Gasteiger partial charge on any atom is -0.381 e. The lowest BCUT2D eigenvalue weighted by Gasteiger charge is -2.27. The summed E-state index contributed by atoms with van der Waals surface area (Å²) in [7, 11) is 0. The second kappa shape index (κ2) is 8.66. The van der Waals surface area contributed by atoms with E-state index < -0.39 is 0 Å². The number of thioether (sulfide) groups is 1. The molecule has 6 heteroatoms. The Morgan fingerprint density at radius 3 is 3.00 bits per heavy atom. The molecular weight excluding hydrogens is 262 g/mol. The molecule has 0 aliphatic carbocycles. The Morgan fingerprint density at radius 1 is 1.42 bits per heavy atom. The molecular formula is C13H25N3O2S. The molecule has 2 aliphatic heterocycles. The number of ether oxygens (including phenoxy) is 2. The predicted octanol–water partition coefficient (Wildman–Crippen LogP) is 0.793. The highest BCUT2D eigenvalue weighted by Gasteiger charge is 2.15. The van der Waals surface area contributed by atoms with Crippen LogP contribution >= 0.6 is 11.8 Å². The minimum atomic E-state index is 0.597. The van der Waals surface area contributed by atoms with Gasteiger partial charge >= 0.3 is 0 Å². The van der Waals surface area contributed by atoms with Gasteiger partial charge in [0.1, 0.15) is 0 Å². The van der Waals surface area contributed by atoms with Crippen LogP contribution in [0.1, 0.15) is 12.8 Å². The van der Waals surface area contributed by atoms with Gasteiger partial charge in [-0.25, -0.2) is 0 Å². The first-order valence-electron chi connectivity index (χ1n) is 7.14. The molecule has 0 aromatic carbocycles. The third-order valence-electron chi connectivity index (χ3n) is 3.43. The lowest BCUT2D eigenvalue weighted by molar-refractivity contribution is 0.0893. The van der Waals surface area contributed by atoms with Gasteiger partial charge in [-0.3, -0.25) is 4.99 Å². The van der Waals surface area contributed by atoms with Crippen molar-refractivity contribution in [3.05, 3.63) is 0 Å². The van der Waals surface area contributed by atoms with Gasteiger partial charge in [-0.05, 0) is 12.8 Å². The molecule has 1 unspecified atom stereocenters. The fraction of sp³-hybridized carbons (Fsp3) is 0.923. The largest absolute Gasteiger partial charge is 0.381 e. The quantitative estimate of drug-likeness (QED) is 0.445. The molecule has 2 heterocycles. The molecule has 1 atom stereocenters. The zero-order valence-corrected chi connectivity index (χ0v) is 12.4. The first-order valence-corrected chi connectivity index (χ1v) is 8.30. The first-order chi connectivity index (χ1) is 9.36. The number of hydrogen-bond donors (Lipinski definition) is 1. The van der Waals surface area contributed by atoms with Gasteiger partial charge in [0.2, 0.25) is 0 Å². The minimum absolute atomic E-state index is 0.597. The van der Waals surface area contributed by atoms with Gasteiger partial charge in [0.05, 0.1) is 13.2 Å². The van der Waals surface area contributed by atoms with E-state index in [-0.39, 0.29) is 0 Å². The third kappa shape index (κ3) is 5.58. The molecule has 0 aromatic rings. The highest BCUT2D eigenvalue weighted by Crippen LogP contribution is 2.12. The highest BCUT2D eigenvalue weighted by molar-refractivity contribution is 7.99. The van der Waals surface area contributed by atoms with Crippen LogP contribution in [0.2, 0.25) is 0 Å². The van der Waals surface area contributed by atoms with Crippen molar-refractivity contribution in [2.24, 2.45) is 16.6 Å². The van der Waals surface area contributed by atoms with Gasteiger partial charge in [-0.15, -0.1) is 0 Å². The van der Waals surface area contributed by atoms with Crippen molar-refractivity contribution in [2.45, 2.75) is 12.8 Å². The van der Waals surface area contributed by atoms with Crippen LogP contribution in [0.15, 0.2) is 4.99 Å². The molecule has 0 spiro atoms. The number of nitrogens with zero attached hydrogens (tertiary/aromatic N) is 2. The van der Waals surface area contributed by atoms with Gasteiger partial charge in [0.25, 0.3) is 0 Å². The summed E-state index contributed by atoms with van der Waals surface area (Å²) in [6, 6.07) is 0.